The molecule has 0 aliphatic carbocycles. The van der Waals surface area contributed by atoms with E-state index in [2.05, 4.69) is 37.3 Å². The van der Waals surface area contributed by atoms with Crippen molar-refractivity contribution in [3.8, 4) is 0 Å². The first-order chi connectivity index (χ1) is 12.7. The zero-order valence-electron chi connectivity index (χ0n) is 15.0. The fourth-order valence-corrected chi connectivity index (χ4v) is 5.70. The van der Waals surface area contributed by atoms with Crippen LogP contribution >= 0.6 is 11.3 Å². The van der Waals surface area contributed by atoms with E-state index >= 15 is 0 Å². The quantitative estimate of drug-likeness (QED) is 0.876. The zero-order valence-corrected chi connectivity index (χ0v) is 15.8. The van der Waals surface area contributed by atoms with Crippen LogP contribution in [0, 0.1) is 0 Å². The number of nitrogens with two attached hydrogens (primary N) is 1. The van der Waals surface area contributed by atoms with Gasteiger partial charge in [-0.2, -0.15) is 9.97 Å². The van der Waals surface area contributed by atoms with Crippen LogP contribution in [0.25, 0.3) is 0 Å². The number of thiophene rings is 1. The molecule has 138 valence electrons. The molecule has 3 aliphatic heterocycles. The Balaban J connectivity index is 1.36. The van der Waals surface area contributed by atoms with Crippen molar-refractivity contribution in [3.63, 3.8) is 0 Å². The number of fused-ring (bicyclic) bond motifs is 2. The maximum atomic E-state index is 6.32. The van der Waals surface area contributed by atoms with Crippen LogP contribution in [0.15, 0.2) is 17.5 Å². The molecule has 1 spiro atoms. The third-order valence-electron chi connectivity index (χ3n) is 5.95. The smallest absolute Gasteiger partial charge is 0.223 e. The number of nitrogens with zero attached hydrogens (tertiary/aromatic N) is 4. The van der Waals surface area contributed by atoms with E-state index in [-0.39, 0.29) is 5.60 Å². The van der Waals surface area contributed by atoms with Gasteiger partial charge in [0.1, 0.15) is 17.2 Å². The zero-order chi connectivity index (χ0) is 17.6. The first-order valence-electron chi connectivity index (χ1n) is 9.59. The molecular formula is C19H25N5OS. The molecule has 2 N–H and O–H groups in total. The number of hydrogen-bond acceptors (Lipinski definition) is 7. The molecule has 2 saturated heterocycles. The Kier molecular flexibility index (Phi) is 4.01. The van der Waals surface area contributed by atoms with E-state index < -0.39 is 0 Å². The van der Waals surface area contributed by atoms with Gasteiger partial charge >= 0.3 is 0 Å². The van der Waals surface area contributed by atoms with E-state index in [0.717, 1.165) is 63.7 Å². The Bertz CT molecular complexity index is 793. The molecule has 0 radical (unpaired) electrons. The Morgan fingerprint density at radius 3 is 2.46 bits per heavy atom. The van der Waals surface area contributed by atoms with Crippen molar-refractivity contribution in [2.75, 3.05) is 48.3 Å². The number of nitrogen functional groups attached to an aromatic ring is 1. The van der Waals surface area contributed by atoms with Gasteiger partial charge in [-0.15, -0.1) is 11.3 Å². The van der Waals surface area contributed by atoms with E-state index in [9.17, 15) is 0 Å². The van der Waals surface area contributed by atoms with Crippen LogP contribution in [-0.4, -0.2) is 42.8 Å². The van der Waals surface area contributed by atoms with Gasteiger partial charge < -0.3 is 20.3 Å². The topological polar surface area (TPSA) is 67.5 Å². The third-order valence-corrected chi connectivity index (χ3v) is 7.09. The molecular weight excluding hydrogens is 346 g/mol. The molecule has 2 aromatic heterocycles. The Hall–Kier alpha value is -1.86. The highest BCUT2D eigenvalue weighted by Gasteiger charge is 2.42. The third kappa shape index (κ3) is 2.74. The molecule has 6 nitrogen and oxygen atoms in total. The summed E-state index contributed by atoms with van der Waals surface area (Å²) in [5, 5.41) is 2.21. The Labute approximate surface area is 158 Å². The minimum atomic E-state index is -0.0887. The van der Waals surface area contributed by atoms with Gasteiger partial charge in [0, 0.05) is 37.1 Å². The summed E-state index contributed by atoms with van der Waals surface area (Å²) in [7, 11) is 0. The van der Waals surface area contributed by atoms with Crippen LogP contribution < -0.4 is 15.5 Å². The predicted octanol–water partition coefficient (Wildman–Crippen LogP) is 2.79. The molecule has 0 bridgehead atoms. The minimum absolute atomic E-state index is 0.0887. The standard InChI is InChI=1S/C19H25N5OS/c20-18-21-15(23-7-1-2-8-23)13-16(22-18)24-9-5-19(6-10-24)17-14(3-11-25-19)4-12-26-17/h4,12-13H,1-3,5-11H2,(H2,20,21,22). The first kappa shape index (κ1) is 16.3. The molecule has 5 heterocycles. The molecule has 0 unspecified atom stereocenters. The lowest BCUT2D eigenvalue weighted by Crippen LogP contribution is -2.46. The first-order valence-corrected chi connectivity index (χ1v) is 10.5. The fourth-order valence-electron chi connectivity index (χ4n) is 4.53. The van der Waals surface area contributed by atoms with Gasteiger partial charge in [0.2, 0.25) is 5.95 Å². The van der Waals surface area contributed by atoms with Gasteiger partial charge in [0.25, 0.3) is 0 Å². The summed E-state index contributed by atoms with van der Waals surface area (Å²) in [6.45, 7) is 4.84. The Morgan fingerprint density at radius 1 is 1.04 bits per heavy atom. The van der Waals surface area contributed by atoms with E-state index in [0.29, 0.717) is 5.95 Å². The number of piperidine rings is 1. The van der Waals surface area contributed by atoms with Crippen LogP contribution in [0.5, 0.6) is 0 Å². The number of aromatic nitrogens is 2. The van der Waals surface area contributed by atoms with Crippen LogP contribution in [0.1, 0.15) is 36.1 Å². The SMILES string of the molecule is Nc1nc(N2CCCC2)cc(N2CCC3(CC2)OCCc2ccsc23)n1. The summed E-state index contributed by atoms with van der Waals surface area (Å²) >= 11 is 1.85. The highest BCUT2D eigenvalue weighted by atomic mass is 32.1. The second-order valence-electron chi connectivity index (χ2n) is 7.49. The maximum Gasteiger partial charge on any atom is 0.223 e. The molecule has 7 heteroatoms. The van der Waals surface area contributed by atoms with Crippen LogP contribution in [-0.2, 0) is 16.8 Å². The highest BCUT2D eigenvalue weighted by molar-refractivity contribution is 7.10. The summed E-state index contributed by atoms with van der Waals surface area (Å²) in [6.07, 6.45) is 5.51. The van der Waals surface area contributed by atoms with Gasteiger partial charge in [0.05, 0.1) is 6.61 Å². The van der Waals surface area contributed by atoms with E-state index in [1.54, 1.807) is 0 Å². The summed E-state index contributed by atoms with van der Waals surface area (Å²) < 4.78 is 6.32. The monoisotopic (exact) mass is 371 g/mol. The van der Waals surface area contributed by atoms with Gasteiger partial charge in [-0.1, -0.05) is 0 Å². The van der Waals surface area contributed by atoms with Gasteiger partial charge in [-0.25, -0.2) is 0 Å². The number of ether oxygens (including phenoxy) is 1. The lowest BCUT2D eigenvalue weighted by atomic mass is 9.85. The summed E-state index contributed by atoms with van der Waals surface area (Å²) in [6, 6.07) is 4.38. The van der Waals surface area contributed by atoms with Crippen molar-refractivity contribution in [1.82, 2.24) is 9.97 Å². The van der Waals surface area contributed by atoms with Crippen molar-refractivity contribution >= 4 is 28.9 Å². The molecule has 0 amide bonds. The molecule has 0 atom stereocenters. The number of hydrogen-bond donors (Lipinski definition) is 1. The van der Waals surface area contributed by atoms with Crippen molar-refractivity contribution in [2.24, 2.45) is 0 Å². The maximum absolute atomic E-state index is 6.32. The van der Waals surface area contributed by atoms with Crippen molar-refractivity contribution in [2.45, 2.75) is 37.7 Å². The van der Waals surface area contributed by atoms with Crippen LogP contribution in [0.2, 0.25) is 0 Å². The van der Waals surface area contributed by atoms with Gasteiger partial charge in [0.15, 0.2) is 0 Å². The van der Waals surface area contributed by atoms with E-state index in [1.165, 1.54) is 23.3 Å². The summed E-state index contributed by atoms with van der Waals surface area (Å²) in [5.41, 5.74) is 7.42. The second-order valence-corrected chi connectivity index (χ2v) is 8.41. The molecule has 0 saturated carbocycles. The van der Waals surface area contributed by atoms with E-state index in [1.807, 2.05) is 11.3 Å². The fraction of sp³-hybridized carbons (Fsp3) is 0.579. The van der Waals surface area contributed by atoms with Crippen LogP contribution in [0.4, 0.5) is 17.6 Å². The minimum Gasteiger partial charge on any atom is -0.369 e. The molecule has 26 heavy (non-hydrogen) atoms. The predicted molar refractivity (Wildman–Crippen MR) is 105 cm³/mol. The van der Waals surface area contributed by atoms with Crippen molar-refractivity contribution < 1.29 is 4.74 Å². The van der Waals surface area contributed by atoms with Crippen LogP contribution in [0.3, 0.4) is 0 Å². The summed E-state index contributed by atoms with van der Waals surface area (Å²) in [4.78, 5) is 15.1. The molecule has 3 aliphatic rings. The molecule has 2 aromatic rings. The highest BCUT2D eigenvalue weighted by Crippen LogP contribution is 2.44. The van der Waals surface area contributed by atoms with Crippen molar-refractivity contribution in [1.29, 1.82) is 0 Å². The normalized spacial score (nSPS) is 22.0. The molecule has 2 fully saturated rings. The molecule has 5 rings (SSSR count). The average Bonchev–Trinajstić information content (AvgIpc) is 3.34. The van der Waals surface area contributed by atoms with Crippen molar-refractivity contribution in [3.05, 3.63) is 28.0 Å². The lowest BCUT2D eigenvalue weighted by molar-refractivity contribution is -0.0735. The Morgan fingerprint density at radius 2 is 1.73 bits per heavy atom. The largest absolute Gasteiger partial charge is 0.369 e. The second kappa shape index (κ2) is 6.39. The number of rotatable bonds is 2. The van der Waals surface area contributed by atoms with Gasteiger partial charge in [-0.05, 0) is 49.1 Å². The van der Waals surface area contributed by atoms with E-state index in [4.69, 9.17) is 10.5 Å². The molecule has 0 aromatic carbocycles. The van der Waals surface area contributed by atoms with Gasteiger partial charge in [-0.3, -0.25) is 0 Å². The number of anilines is 3. The average molecular weight is 372 g/mol. The lowest BCUT2D eigenvalue weighted by Gasteiger charge is -2.44. The summed E-state index contributed by atoms with van der Waals surface area (Å²) in [5.74, 6) is 2.30.